The summed E-state index contributed by atoms with van der Waals surface area (Å²) in [4.78, 5) is 11.8. The molecule has 124 valence electrons. The van der Waals surface area contributed by atoms with Crippen molar-refractivity contribution in [2.75, 3.05) is 13.1 Å². The van der Waals surface area contributed by atoms with E-state index < -0.39 is 17.1 Å². The molecule has 1 atom stereocenters. The van der Waals surface area contributed by atoms with Crippen LogP contribution in [0.3, 0.4) is 0 Å². The molecule has 5 heteroatoms. The SMILES string of the molecule is Cc1cc(O)c(C(C)(CN)CNC(=O)OC(C)(C)C)cc1C. The zero-order valence-corrected chi connectivity index (χ0v) is 14.4. The number of carbonyl (C=O) groups excluding carboxylic acids is 1. The highest BCUT2D eigenvalue weighted by Crippen LogP contribution is 2.32. The summed E-state index contributed by atoms with van der Waals surface area (Å²) in [5.41, 5.74) is 7.61. The van der Waals surface area contributed by atoms with Crippen LogP contribution >= 0.6 is 0 Å². The Kier molecular flexibility index (Phi) is 5.46. The van der Waals surface area contributed by atoms with Crippen LogP contribution in [0.4, 0.5) is 4.79 Å². The van der Waals surface area contributed by atoms with Crippen molar-refractivity contribution in [2.45, 2.75) is 52.6 Å². The predicted molar refractivity (Wildman–Crippen MR) is 88.2 cm³/mol. The number of ether oxygens (including phenoxy) is 1. The lowest BCUT2D eigenvalue weighted by Crippen LogP contribution is -2.45. The van der Waals surface area contributed by atoms with E-state index in [0.717, 1.165) is 16.7 Å². The number of alkyl carbamates (subject to hydrolysis) is 1. The molecule has 0 spiro atoms. The highest BCUT2D eigenvalue weighted by molar-refractivity contribution is 5.68. The average Bonchev–Trinajstić information content (AvgIpc) is 2.38. The summed E-state index contributed by atoms with van der Waals surface area (Å²) in [6.45, 7) is 11.8. The fraction of sp³-hybridized carbons (Fsp3) is 0.588. The van der Waals surface area contributed by atoms with E-state index in [0.29, 0.717) is 6.54 Å². The van der Waals surface area contributed by atoms with Gasteiger partial charge in [0.2, 0.25) is 0 Å². The van der Waals surface area contributed by atoms with Crippen LogP contribution in [0.1, 0.15) is 44.4 Å². The first-order valence-corrected chi connectivity index (χ1v) is 7.46. The minimum atomic E-state index is -0.570. The Morgan fingerprint density at radius 3 is 2.27 bits per heavy atom. The Bertz CT molecular complexity index is 550. The van der Waals surface area contributed by atoms with Crippen molar-refractivity contribution in [1.82, 2.24) is 5.32 Å². The van der Waals surface area contributed by atoms with Gasteiger partial charge in [-0.05, 0) is 51.8 Å². The summed E-state index contributed by atoms with van der Waals surface area (Å²) in [6.07, 6.45) is -0.490. The summed E-state index contributed by atoms with van der Waals surface area (Å²) < 4.78 is 5.23. The smallest absolute Gasteiger partial charge is 0.407 e. The molecule has 0 fully saturated rings. The number of rotatable bonds is 4. The van der Waals surface area contributed by atoms with Crippen LogP contribution < -0.4 is 11.1 Å². The normalized spacial score (nSPS) is 14.3. The molecule has 1 rings (SSSR count). The summed E-state index contributed by atoms with van der Waals surface area (Å²) in [5, 5.41) is 13.0. The number of benzene rings is 1. The van der Waals surface area contributed by atoms with Crippen LogP contribution in [-0.2, 0) is 10.2 Å². The Balaban J connectivity index is 2.93. The van der Waals surface area contributed by atoms with Crippen molar-refractivity contribution < 1.29 is 14.6 Å². The van der Waals surface area contributed by atoms with Gasteiger partial charge in [-0.1, -0.05) is 13.0 Å². The maximum atomic E-state index is 11.8. The van der Waals surface area contributed by atoms with E-state index in [2.05, 4.69) is 5.32 Å². The third-order valence-corrected chi connectivity index (χ3v) is 3.73. The minimum absolute atomic E-state index is 0.196. The first-order valence-electron chi connectivity index (χ1n) is 7.46. The number of nitrogens with two attached hydrogens (primary N) is 1. The van der Waals surface area contributed by atoms with Gasteiger partial charge >= 0.3 is 6.09 Å². The van der Waals surface area contributed by atoms with Crippen LogP contribution in [0.2, 0.25) is 0 Å². The maximum absolute atomic E-state index is 11.8. The zero-order chi connectivity index (χ0) is 17.1. The Hall–Kier alpha value is -1.75. The molecule has 1 unspecified atom stereocenters. The van der Waals surface area contributed by atoms with E-state index in [1.807, 2.05) is 47.6 Å². The molecule has 0 saturated heterocycles. The maximum Gasteiger partial charge on any atom is 0.407 e. The van der Waals surface area contributed by atoms with Crippen molar-refractivity contribution >= 4 is 6.09 Å². The van der Waals surface area contributed by atoms with Gasteiger partial charge < -0.3 is 20.9 Å². The number of hydrogen-bond acceptors (Lipinski definition) is 4. The molecule has 0 saturated carbocycles. The summed E-state index contributed by atoms with van der Waals surface area (Å²) in [7, 11) is 0. The quantitative estimate of drug-likeness (QED) is 0.798. The summed E-state index contributed by atoms with van der Waals surface area (Å²) in [6, 6.07) is 3.65. The first-order chi connectivity index (χ1) is 9.98. The molecule has 0 aliphatic heterocycles. The minimum Gasteiger partial charge on any atom is -0.508 e. The van der Waals surface area contributed by atoms with Crippen molar-refractivity contribution in [1.29, 1.82) is 0 Å². The number of phenols is 1. The standard InChI is InChI=1S/C17H28N2O3/c1-11-7-13(14(20)8-12(11)2)17(6,9-18)10-19-15(21)22-16(3,4)5/h7-8,20H,9-10,18H2,1-6H3,(H,19,21). The molecule has 1 aromatic carbocycles. The second-order valence-corrected chi connectivity index (χ2v) is 7.07. The number of aryl methyl sites for hydroxylation is 2. The third kappa shape index (κ3) is 4.63. The molecule has 4 N–H and O–H groups in total. The molecule has 0 radical (unpaired) electrons. The van der Waals surface area contributed by atoms with Gasteiger partial charge in [-0.15, -0.1) is 0 Å². The Morgan fingerprint density at radius 2 is 1.77 bits per heavy atom. The van der Waals surface area contributed by atoms with Gasteiger partial charge in [0.05, 0.1) is 0 Å². The lowest BCUT2D eigenvalue weighted by molar-refractivity contribution is 0.0516. The van der Waals surface area contributed by atoms with Crippen LogP contribution in [0.5, 0.6) is 5.75 Å². The highest BCUT2D eigenvalue weighted by Gasteiger charge is 2.30. The number of hydrogen-bond donors (Lipinski definition) is 3. The van der Waals surface area contributed by atoms with Crippen molar-refractivity contribution in [3.63, 3.8) is 0 Å². The number of amides is 1. The van der Waals surface area contributed by atoms with Crippen molar-refractivity contribution in [2.24, 2.45) is 5.73 Å². The third-order valence-electron chi connectivity index (χ3n) is 3.73. The highest BCUT2D eigenvalue weighted by atomic mass is 16.6. The molecule has 1 aromatic rings. The second kappa shape index (κ2) is 6.57. The first kappa shape index (κ1) is 18.3. The number of phenolic OH excluding ortho intramolecular Hbond substituents is 1. The van der Waals surface area contributed by atoms with E-state index in [1.54, 1.807) is 6.07 Å². The monoisotopic (exact) mass is 308 g/mol. The molecule has 0 bridgehead atoms. The Labute approximate surface area is 132 Å². The molecule has 5 nitrogen and oxygen atoms in total. The predicted octanol–water partition coefficient (Wildman–Crippen LogP) is 2.75. The van der Waals surface area contributed by atoms with Crippen LogP contribution in [0.25, 0.3) is 0 Å². The van der Waals surface area contributed by atoms with E-state index in [1.165, 1.54) is 0 Å². The molecular weight excluding hydrogens is 280 g/mol. The topological polar surface area (TPSA) is 84.6 Å². The number of aromatic hydroxyl groups is 1. The average molecular weight is 308 g/mol. The number of carbonyl (C=O) groups is 1. The molecule has 0 aliphatic rings. The van der Waals surface area contributed by atoms with Crippen LogP contribution in [-0.4, -0.2) is 29.9 Å². The van der Waals surface area contributed by atoms with Gasteiger partial charge in [-0.3, -0.25) is 0 Å². The zero-order valence-electron chi connectivity index (χ0n) is 14.4. The van der Waals surface area contributed by atoms with Gasteiger partial charge in [0.15, 0.2) is 0 Å². The largest absolute Gasteiger partial charge is 0.508 e. The molecule has 1 amide bonds. The lowest BCUT2D eigenvalue weighted by atomic mass is 9.80. The van der Waals surface area contributed by atoms with Crippen LogP contribution in [0.15, 0.2) is 12.1 Å². The molecule has 0 aromatic heterocycles. The van der Waals surface area contributed by atoms with Gasteiger partial charge in [0.1, 0.15) is 11.4 Å². The van der Waals surface area contributed by atoms with E-state index in [9.17, 15) is 9.90 Å². The molecule has 22 heavy (non-hydrogen) atoms. The van der Waals surface area contributed by atoms with Gasteiger partial charge in [0.25, 0.3) is 0 Å². The fourth-order valence-electron chi connectivity index (χ4n) is 2.14. The van der Waals surface area contributed by atoms with Gasteiger partial charge in [0, 0.05) is 24.1 Å². The fourth-order valence-corrected chi connectivity index (χ4v) is 2.14. The lowest BCUT2D eigenvalue weighted by Gasteiger charge is -2.31. The molecular formula is C17H28N2O3. The van der Waals surface area contributed by atoms with E-state index >= 15 is 0 Å². The summed E-state index contributed by atoms with van der Waals surface area (Å²) >= 11 is 0. The molecule has 0 aliphatic carbocycles. The van der Waals surface area contributed by atoms with Crippen molar-refractivity contribution in [3.8, 4) is 5.75 Å². The van der Waals surface area contributed by atoms with Gasteiger partial charge in [-0.2, -0.15) is 0 Å². The van der Waals surface area contributed by atoms with Crippen molar-refractivity contribution in [3.05, 3.63) is 28.8 Å². The summed E-state index contributed by atoms with van der Waals surface area (Å²) in [5.74, 6) is 0.196. The van der Waals surface area contributed by atoms with E-state index in [-0.39, 0.29) is 12.3 Å². The number of nitrogens with one attached hydrogen (secondary N) is 1. The molecule has 0 heterocycles. The Morgan fingerprint density at radius 1 is 1.23 bits per heavy atom. The van der Waals surface area contributed by atoms with Crippen LogP contribution in [0, 0.1) is 13.8 Å². The second-order valence-electron chi connectivity index (χ2n) is 7.07. The van der Waals surface area contributed by atoms with E-state index in [4.69, 9.17) is 10.5 Å². The van der Waals surface area contributed by atoms with Gasteiger partial charge in [-0.25, -0.2) is 4.79 Å².